The standard InChI is InChI=1S/C35H36FN5O2/c1-2-31(42)39-12-14-40(15-13-39)33-27-18-29(36)26(24-7-3-6-22-16-23-17-25(23)32(22)24)19-30(27)38-34(28(33)20-37)43-21-35-8-4-10-41(35)11-5-9-35/h2-3,6-7,18-19,23,25H,1,4-5,8-17,21H2. The highest BCUT2D eigenvalue weighted by Gasteiger charge is 2.47. The number of anilines is 1. The van der Waals surface area contributed by atoms with Crippen molar-refractivity contribution in [3.8, 4) is 23.1 Å². The van der Waals surface area contributed by atoms with Gasteiger partial charge in [-0.05, 0) is 98.3 Å². The van der Waals surface area contributed by atoms with Gasteiger partial charge in [-0.25, -0.2) is 9.37 Å². The second-order valence-corrected chi connectivity index (χ2v) is 13.0. The van der Waals surface area contributed by atoms with E-state index in [1.54, 1.807) is 11.0 Å². The van der Waals surface area contributed by atoms with Gasteiger partial charge in [-0.2, -0.15) is 5.26 Å². The number of hydrogen-bond acceptors (Lipinski definition) is 6. The zero-order valence-corrected chi connectivity index (χ0v) is 24.4. The summed E-state index contributed by atoms with van der Waals surface area (Å²) in [6.45, 7) is 8.31. The van der Waals surface area contributed by atoms with E-state index < -0.39 is 0 Å². The van der Waals surface area contributed by atoms with E-state index in [0.29, 0.717) is 78.2 Å². The molecule has 220 valence electrons. The summed E-state index contributed by atoms with van der Waals surface area (Å²) in [5.74, 6) is 1.13. The summed E-state index contributed by atoms with van der Waals surface area (Å²) in [5, 5.41) is 11.1. The van der Waals surface area contributed by atoms with Crippen LogP contribution in [0.1, 0.15) is 54.7 Å². The van der Waals surface area contributed by atoms with Crippen molar-refractivity contribution in [2.24, 2.45) is 5.92 Å². The number of piperazine rings is 1. The number of nitrogens with zero attached hydrogens (tertiary/aromatic N) is 5. The Morgan fingerprint density at radius 1 is 1.14 bits per heavy atom. The first-order valence-corrected chi connectivity index (χ1v) is 15.7. The quantitative estimate of drug-likeness (QED) is 0.365. The number of rotatable bonds is 6. The van der Waals surface area contributed by atoms with Crippen molar-refractivity contribution in [1.82, 2.24) is 14.8 Å². The normalized spacial score (nSPS) is 23.5. The first-order chi connectivity index (χ1) is 21.0. The van der Waals surface area contributed by atoms with Gasteiger partial charge in [-0.3, -0.25) is 9.69 Å². The number of amides is 1. The zero-order chi connectivity index (χ0) is 29.3. The van der Waals surface area contributed by atoms with Crippen molar-refractivity contribution in [2.75, 3.05) is 50.8 Å². The second-order valence-electron chi connectivity index (χ2n) is 13.0. The van der Waals surface area contributed by atoms with Crippen LogP contribution in [0.3, 0.4) is 0 Å². The number of benzene rings is 2. The summed E-state index contributed by atoms with van der Waals surface area (Å²) in [7, 11) is 0. The van der Waals surface area contributed by atoms with E-state index in [-0.39, 0.29) is 17.3 Å². The minimum atomic E-state index is -0.308. The molecule has 3 aromatic rings. The van der Waals surface area contributed by atoms with Crippen LogP contribution in [0.2, 0.25) is 0 Å². The fourth-order valence-corrected chi connectivity index (χ4v) is 8.50. The highest BCUT2D eigenvalue weighted by Crippen LogP contribution is 2.59. The fourth-order valence-electron chi connectivity index (χ4n) is 8.50. The maximum atomic E-state index is 16.2. The third-order valence-electron chi connectivity index (χ3n) is 10.8. The van der Waals surface area contributed by atoms with Gasteiger partial charge in [0.15, 0.2) is 0 Å². The lowest BCUT2D eigenvalue weighted by Crippen LogP contribution is -2.48. The molecule has 1 amide bonds. The molecule has 2 unspecified atom stereocenters. The number of hydrogen-bond donors (Lipinski definition) is 0. The van der Waals surface area contributed by atoms with E-state index in [9.17, 15) is 10.1 Å². The molecule has 4 heterocycles. The average Bonchev–Trinajstić information content (AvgIpc) is 3.32. The fraction of sp³-hybridized carbons (Fsp3) is 0.457. The van der Waals surface area contributed by atoms with Crippen LogP contribution in [0.4, 0.5) is 10.1 Å². The van der Waals surface area contributed by atoms with E-state index in [0.717, 1.165) is 50.8 Å². The van der Waals surface area contributed by atoms with Crippen LogP contribution >= 0.6 is 0 Å². The predicted molar refractivity (Wildman–Crippen MR) is 164 cm³/mol. The predicted octanol–water partition coefficient (Wildman–Crippen LogP) is 5.41. The summed E-state index contributed by atoms with van der Waals surface area (Å²) < 4.78 is 22.7. The molecule has 0 radical (unpaired) electrons. The summed E-state index contributed by atoms with van der Waals surface area (Å²) in [6, 6.07) is 12.1. The molecule has 2 aliphatic carbocycles. The maximum absolute atomic E-state index is 16.2. The van der Waals surface area contributed by atoms with Gasteiger partial charge in [0.1, 0.15) is 24.1 Å². The smallest absolute Gasteiger partial charge is 0.246 e. The van der Waals surface area contributed by atoms with Gasteiger partial charge in [0.2, 0.25) is 11.8 Å². The zero-order valence-electron chi connectivity index (χ0n) is 24.4. The van der Waals surface area contributed by atoms with E-state index >= 15 is 4.39 Å². The Morgan fingerprint density at radius 3 is 2.67 bits per heavy atom. The molecule has 5 aliphatic rings. The Hall–Kier alpha value is -3.96. The average molecular weight is 578 g/mol. The van der Waals surface area contributed by atoms with Crippen LogP contribution in [0, 0.1) is 23.1 Å². The van der Waals surface area contributed by atoms with Crippen molar-refractivity contribution < 1.29 is 13.9 Å². The number of halogens is 1. The molecule has 2 aromatic carbocycles. The van der Waals surface area contributed by atoms with E-state index in [1.165, 1.54) is 23.6 Å². The van der Waals surface area contributed by atoms with Gasteiger partial charge in [-0.1, -0.05) is 24.8 Å². The van der Waals surface area contributed by atoms with Gasteiger partial charge in [0, 0.05) is 37.1 Å². The summed E-state index contributed by atoms with van der Waals surface area (Å²) in [5.41, 5.74) is 5.75. The second kappa shape index (κ2) is 10.1. The maximum Gasteiger partial charge on any atom is 0.246 e. The number of carbonyl (C=O) groups excluding carboxylic acids is 1. The lowest BCUT2D eigenvalue weighted by Gasteiger charge is -2.37. The first-order valence-electron chi connectivity index (χ1n) is 15.7. The number of pyridine rings is 1. The molecule has 0 N–H and O–H groups in total. The summed E-state index contributed by atoms with van der Waals surface area (Å²) in [6.07, 6.45) is 8.09. The van der Waals surface area contributed by atoms with Gasteiger partial charge in [0.25, 0.3) is 0 Å². The molecular weight excluding hydrogens is 541 g/mol. The number of ether oxygens (including phenoxy) is 1. The Labute approximate surface area is 251 Å². The highest BCUT2D eigenvalue weighted by molar-refractivity contribution is 5.98. The lowest BCUT2D eigenvalue weighted by molar-refractivity contribution is -0.126. The Bertz CT molecular complexity index is 1690. The Balaban J connectivity index is 1.24. The van der Waals surface area contributed by atoms with Crippen molar-refractivity contribution in [2.45, 2.75) is 50.0 Å². The molecule has 1 aromatic heterocycles. The topological polar surface area (TPSA) is 72.7 Å². The third-order valence-corrected chi connectivity index (χ3v) is 10.8. The molecular formula is C35H36FN5O2. The highest BCUT2D eigenvalue weighted by atomic mass is 19.1. The van der Waals surface area contributed by atoms with E-state index in [2.05, 4.69) is 28.5 Å². The van der Waals surface area contributed by atoms with E-state index in [1.807, 2.05) is 18.2 Å². The molecule has 0 bridgehead atoms. The molecule has 3 aliphatic heterocycles. The number of fused-ring (bicyclic) bond motifs is 5. The van der Waals surface area contributed by atoms with Crippen molar-refractivity contribution in [1.29, 1.82) is 5.26 Å². The number of carbonyl (C=O) groups is 1. The molecule has 2 atom stereocenters. The SMILES string of the molecule is C=CC(=O)N1CCN(c2c(C#N)c(OCC34CCCN3CCC4)nc3cc(-c4cccc5c4C4CC4C5)c(F)cc23)CC1. The molecule has 1 saturated carbocycles. The minimum absolute atomic E-state index is 0.000441. The molecule has 0 spiro atoms. The largest absolute Gasteiger partial charge is 0.475 e. The van der Waals surface area contributed by atoms with Gasteiger partial charge >= 0.3 is 0 Å². The Morgan fingerprint density at radius 2 is 1.93 bits per heavy atom. The molecule has 7 nitrogen and oxygen atoms in total. The summed E-state index contributed by atoms with van der Waals surface area (Å²) in [4.78, 5) is 23.6. The van der Waals surface area contributed by atoms with Gasteiger partial charge in [0.05, 0.1) is 16.7 Å². The van der Waals surface area contributed by atoms with Crippen LogP contribution in [0.5, 0.6) is 5.88 Å². The number of aromatic nitrogens is 1. The molecule has 43 heavy (non-hydrogen) atoms. The number of nitriles is 1. The van der Waals surface area contributed by atoms with Crippen molar-refractivity contribution in [3.05, 3.63) is 65.5 Å². The molecule has 4 fully saturated rings. The minimum Gasteiger partial charge on any atom is -0.475 e. The lowest BCUT2D eigenvalue weighted by atomic mass is 9.93. The van der Waals surface area contributed by atoms with Crippen LogP contribution in [-0.2, 0) is 11.2 Å². The Kier molecular flexibility index (Phi) is 6.23. The van der Waals surface area contributed by atoms with Crippen LogP contribution < -0.4 is 9.64 Å². The molecule has 8 heteroatoms. The van der Waals surface area contributed by atoms with Gasteiger partial charge in [-0.15, -0.1) is 0 Å². The molecule has 8 rings (SSSR count). The van der Waals surface area contributed by atoms with Crippen LogP contribution in [0.25, 0.3) is 22.0 Å². The third kappa shape index (κ3) is 4.23. The van der Waals surface area contributed by atoms with Crippen molar-refractivity contribution >= 4 is 22.5 Å². The van der Waals surface area contributed by atoms with E-state index in [4.69, 9.17) is 9.72 Å². The monoisotopic (exact) mass is 577 g/mol. The molecule has 3 saturated heterocycles. The first kappa shape index (κ1) is 26.7. The summed E-state index contributed by atoms with van der Waals surface area (Å²) >= 11 is 0. The van der Waals surface area contributed by atoms with Crippen LogP contribution in [0.15, 0.2) is 43.0 Å². The van der Waals surface area contributed by atoms with Gasteiger partial charge < -0.3 is 14.5 Å². The van der Waals surface area contributed by atoms with Crippen molar-refractivity contribution in [3.63, 3.8) is 0 Å². The van der Waals surface area contributed by atoms with Crippen LogP contribution in [-0.4, -0.2) is 72.1 Å².